The molecule has 12 heteroatoms. The monoisotopic (exact) mass is 650 g/mol. The molecular formula is C35H42N2O10. The lowest BCUT2D eigenvalue weighted by Gasteiger charge is -2.63. The first-order valence-electron chi connectivity index (χ1n) is 15.8. The van der Waals surface area contributed by atoms with Gasteiger partial charge in [-0.2, -0.15) is 0 Å². The van der Waals surface area contributed by atoms with E-state index in [1.54, 1.807) is 33.8 Å². The molecule has 1 fully saturated rings. The van der Waals surface area contributed by atoms with E-state index < -0.39 is 53.8 Å². The number of Topliss-reactive ketones (excluding diaryl/α,β-unsaturated/α-hetero) is 5. The van der Waals surface area contributed by atoms with Gasteiger partial charge in [0.25, 0.3) is 0 Å². The minimum absolute atomic E-state index is 0.000215. The number of carbonyl (C=O) groups is 6. The fraction of sp³-hybridized carbons (Fsp3) is 0.543. The van der Waals surface area contributed by atoms with Gasteiger partial charge in [0.2, 0.25) is 11.6 Å². The van der Waals surface area contributed by atoms with Crippen LogP contribution in [0.25, 0.3) is 0 Å². The molecule has 2 bridgehead atoms. The molecule has 5 rings (SSSR count). The average Bonchev–Trinajstić information content (AvgIpc) is 3.03. The second kappa shape index (κ2) is 12.9. The molecule has 0 N–H and O–H groups in total. The molecule has 0 saturated carbocycles. The van der Waals surface area contributed by atoms with E-state index in [1.807, 2.05) is 16.8 Å². The number of fused-ring (bicyclic) bond motifs is 5. The SMILES string of the molecule is C/C=C(/C)C(=O)OC[C@H]1C2=C(C[C@H]3[C@H]4C5=C(C(=O)C(C)=C(OC)C5=O)[C@H](OCC)[C@@H]([C@H](CC(C)=O)N13)N4C)C(=O)C(C)=C(OC)C2=O. The Hall–Kier alpha value is -4.00. The number of ether oxygens (including phenoxy) is 4. The van der Waals surface area contributed by atoms with Crippen LogP contribution in [0.15, 0.2) is 56.6 Å². The van der Waals surface area contributed by atoms with Crippen LogP contribution >= 0.6 is 0 Å². The van der Waals surface area contributed by atoms with Crippen LogP contribution in [-0.4, -0.2) is 115 Å². The van der Waals surface area contributed by atoms with E-state index in [9.17, 15) is 28.8 Å². The minimum atomic E-state index is -0.979. The zero-order valence-electron chi connectivity index (χ0n) is 28.3. The second-order valence-electron chi connectivity index (χ2n) is 12.6. The van der Waals surface area contributed by atoms with Crippen molar-refractivity contribution in [1.82, 2.24) is 9.80 Å². The highest BCUT2D eigenvalue weighted by Gasteiger charge is 2.62. The summed E-state index contributed by atoms with van der Waals surface area (Å²) in [7, 11) is 4.48. The average molecular weight is 651 g/mol. The third-order valence-corrected chi connectivity index (χ3v) is 10.2. The molecule has 0 aromatic heterocycles. The van der Waals surface area contributed by atoms with Crippen molar-refractivity contribution in [3.05, 3.63) is 56.6 Å². The Morgan fingerprint density at radius 3 is 2.04 bits per heavy atom. The van der Waals surface area contributed by atoms with Gasteiger partial charge in [0, 0.05) is 64.1 Å². The number of carbonyl (C=O) groups excluding carboxylic acids is 6. The zero-order valence-corrected chi connectivity index (χ0v) is 28.3. The van der Waals surface area contributed by atoms with Gasteiger partial charge in [-0.15, -0.1) is 0 Å². The first-order valence-corrected chi connectivity index (χ1v) is 15.8. The number of esters is 1. The summed E-state index contributed by atoms with van der Waals surface area (Å²) in [4.78, 5) is 86.2. The first kappa shape index (κ1) is 34.3. The molecule has 0 unspecified atom stereocenters. The molecule has 1 saturated heterocycles. The molecule has 6 atom stereocenters. The normalized spacial score (nSPS) is 30.0. The number of allylic oxidation sites excluding steroid dienone is 5. The van der Waals surface area contributed by atoms with Gasteiger partial charge < -0.3 is 18.9 Å². The lowest BCUT2D eigenvalue weighted by atomic mass is 9.66. The molecule has 5 aliphatic rings. The van der Waals surface area contributed by atoms with Crippen LogP contribution in [0.4, 0.5) is 0 Å². The van der Waals surface area contributed by atoms with E-state index in [2.05, 4.69) is 0 Å². The predicted molar refractivity (Wildman–Crippen MR) is 168 cm³/mol. The van der Waals surface area contributed by atoms with Gasteiger partial charge in [-0.1, -0.05) is 6.08 Å². The number of likely N-dealkylation sites (N-methyl/N-ethyl adjacent to an activating group) is 1. The molecule has 0 amide bonds. The second-order valence-corrected chi connectivity index (χ2v) is 12.6. The molecule has 0 spiro atoms. The Labute approximate surface area is 274 Å². The molecule has 0 aromatic carbocycles. The molecule has 47 heavy (non-hydrogen) atoms. The van der Waals surface area contributed by atoms with Gasteiger partial charge in [0.1, 0.15) is 18.5 Å². The Bertz CT molecular complexity index is 1640. The third kappa shape index (κ3) is 5.17. The Morgan fingerprint density at radius 2 is 1.49 bits per heavy atom. The number of piperazine rings is 1. The smallest absolute Gasteiger partial charge is 0.333 e. The van der Waals surface area contributed by atoms with Gasteiger partial charge in [-0.3, -0.25) is 33.8 Å². The van der Waals surface area contributed by atoms with Crippen molar-refractivity contribution in [3.63, 3.8) is 0 Å². The summed E-state index contributed by atoms with van der Waals surface area (Å²) in [6, 6.07) is -3.71. The molecule has 252 valence electrons. The highest BCUT2D eigenvalue weighted by Crippen LogP contribution is 2.50. The van der Waals surface area contributed by atoms with Crippen molar-refractivity contribution >= 4 is 34.9 Å². The summed E-state index contributed by atoms with van der Waals surface area (Å²) in [5.74, 6) is -2.63. The summed E-state index contributed by atoms with van der Waals surface area (Å²) in [5.41, 5.74) is 1.47. The lowest BCUT2D eigenvalue weighted by molar-refractivity contribution is -0.153. The van der Waals surface area contributed by atoms with Crippen LogP contribution in [0.5, 0.6) is 0 Å². The minimum Gasteiger partial charge on any atom is -0.492 e. The lowest BCUT2D eigenvalue weighted by Crippen LogP contribution is -2.77. The zero-order chi connectivity index (χ0) is 34.6. The molecule has 3 heterocycles. The van der Waals surface area contributed by atoms with E-state index in [-0.39, 0.29) is 88.4 Å². The standard InChI is InChI=1S/C35H42N2O10/c1-10-15(3)35(43)47-14-22-23-19(28(39)17(5)32(44-8)30(23)41)13-21-26-24-25(29(40)18(6)33(45-9)31(24)42)34(46-11-2)27(36(26)7)20(37(21)22)12-16(4)38/h10,20-22,26-27,34H,11-14H2,1-9H3/b15-10-/t20-,21-,22-,26-,27+,34-/m0/s1. The van der Waals surface area contributed by atoms with Crippen molar-refractivity contribution < 1.29 is 47.7 Å². The van der Waals surface area contributed by atoms with Gasteiger partial charge in [-0.25, -0.2) is 4.79 Å². The maximum atomic E-state index is 14.2. The molecule has 3 aliphatic heterocycles. The van der Waals surface area contributed by atoms with Crippen LogP contribution in [0.2, 0.25) is 0 Å². The highest BCUT2D eigenvalue weighted by molar-refractivity contribution is 6.26. The van der Waals surface area contributed by atoms with Gasteiger partial charge >= 0.3 is 5.97 Å². The van der Waals surface area contributed by atoms with Crippen molar-refractivity contribution in [2.75, 3.05) is 34.5 Å². The molecule has 0 radical (unpaired) electrons. The van der Waals surface area contributed by atoms with Crippen LogP contribution in [0, 0.1) is 0 Å². The van der Waals surface area contributed by atoms with Crippen LogP contribution in [0.1, 0.15) is 54.4 Å². The van der Waals surface area contributed by atoms with Gasteiger partial charge in [0.15, 0.2) is 23.1 Å². The summed E-state index contributed by atoms with van der Waals surface area (Å²) < 4.78 is 22.9. The number of hydrogen-bond acceptors (Lipinski definition) is 12. The summed E-state index contributed by atoms with van der Waals surface area (Å²) in [6.07, 6.45) is 0.732. The van der Waals surface area contributed by atoms with Gasteiger partial charge in [-0.05, 0) is 55.0 Å². The number of rotatable bonds is 9. The topological polar surface area (TPSA) is 146 Å². The number of ketones is 5. The molecule has 0 aromatic rings. The van der Waals surface area contributed by atoms with Crippen LogP contribution < -0.4 is 0 Å². The van der Waals surface area contributed by atoms with E-state index in [1.165, 1.54) is 28.1 Å². The number of methoxy groups -OCH3 is 2. The summed E-state index contributed by atoms with van der Waals surface area (Å²) in [5, 5.41) is 0. The molecule has 12 nitrogen and oxygen atoms in total. The van der Waals surface area contributed by atoms with Crippen LogP contribution in [0.3, 0.4) is 0 Å². The maximum absolute atomic E-state index is 14.2. The molecular weight excluding hydrogens is 608 g/mol. The van der Waals surface area contributed by atoms with Gasteiger partial charge in [0.05, 0.1) is 32.3 Å². The Morgan fingerprint density at radius 1 is 0.894 bits per heavy atom. The summed E-state index contributed by atoms with van der Waals surface area (Å²) >= 11 is 0. The van der Waals surface area contributed by atoms with Crippen molar-refractivity contribution in [2.45, 2.75) is 90.7 Å². The quantitative estimate of drug-likeness (QED) is 0.205. The third-order valence-electron chi connectivity index (χ3n) is 10.2. The van der Waals surface area contributed by atoms with Crippen LogP contribution in [-0.2, 0) is 47.7 Å². The van der Waals surface area contributed by atoms with E-state index in [0.29, 0.717) is 5.57 Å². The van der Waals surface area contributed by atoms with E-state index in [0.717, 1.165) is 0 Å². The fourth-order valence-electron chi connectivity index (χ4n) is 8.12. The van der Waals surface area contributed by atoms with Crippen molar-refractivity contribution in [2.24, 2.45) is 0 Å². The first-order chi connectivity index (χ1) is 22.3. The largest absolute Gasteiger partial charge is 0.492 e. The maximum Gasteiger partial charge on any atom is 0.333 e. The van der Waals surface area contributed by atoms with E-state index in [4.69, 9.17) is 18.9 Å². The highest BCUT2D eigenvalue weighted by atomic mass is 16.5. The predicted octanol–water partition coefficient (Wildman–Crippen LogP) is 2.13. The van der Waals surface area contributed by atoms with E-state index >= 15 is 0 Å². The summed E-state index contributed by atoms with van der Waals surface area (Å²) in [6.45, 7) is 9.52. The number of hydrogen-bond donors (Lipinski definition) is 0. The van der Waals surface area contributed by atoms with Crippen molar-refractivity contribution in [1.29, 1.82) is 0 Å². The fourth-order valence-corrected chi connectivity index (χ4v) is 8.12. The number of nitrogens with zero attached hydrogens (tertiary/aromatic N) is 2. The Balaban J connectivity index is 1.79. The Kier molecular flexibility index (Phi) is 9.42. The van der Waals surface area contributed by atoms with Crippen molar-refractivity contribution in [3.8, 4) is 0 Å². The molecule has 2 aliphatic carbocycles.